The topological polar surface area (TPSA) is 105 Å². The fourth-order valence-electron chi connectivity index (χ4n) is 4.80. The maximum atomic E-state index is 14.7. The second-order valence-corrected chi connectivity index (χ2v) is 9.57. The Hall–Kier alpha value is -4.68. The minimum absolute atomic E-state index is 0.277. The number of likely N-dealkylation sites (N-methyl/N-ethyl adjacent to an activating group) is 1. The molecule has 0 fully saturated rings. The number of anilines is 1. The molecule has 0 saturated heterocycles. The van der Waals surface area contributed by atoms with Gasteiger partial charge in [-0.3, -0.25) is 14.4 Å². The quantitative estimate of drug-likeness (QED) is 0.296. The van der Waals surface area contributed by atoms with E-state index in [1.54, 1.807) is 54.6 Å². The summed E-state index contributed by atoms with van der Waals surface area (Å²) in [5, 5.41) is 2.28. The first-order valence-corrected chi connectivity index (χ1v) is 12.6. The molecule has 0 aliphatic carbocycles. The summed E-state index contributed by atoms with van der Waals surface area (Å²) in [5.74, 6) is -13.2. The van der Waals surface area contributed by atoms with E-state index in [1.807, 2.05) is 0 Å². The van der Waals surface area contributed by atoms with E-state index in [4.69, 9.17) is 5.73 Å². The number of nitrogens with one attached hydrogen (secondary N) is 1. The number of carbonyl (C=O) groups excluding carboxylic acids is 3. The zero-order valence-electron chi connectivity index (χ0n) is 22.0. The van der Waals surface area contributed by atoms with E-state index >= 15 is 0 Å². The van der Waals surface area contributed by atoms with Crippen LogP contribution in [0.4, 0.5) is 32.0 Å². The van der Waals surface area contributed by atoms with E-state index in [0.29, 0.717) is 28.9 Å². The second-order valence-electron chi connectivity index (χ2n) is 9.57. The van der Waals surface area contributed by atoms with Crippen LogP contribution in [0, 0.1) is 23.4 Å². The number of amides is 3. The largest absolute Gasteiger partial charge is 0.389 e. The third-order valence-electron chi connectivity index (χ3n) is 6.85. The molecule has 0 saturated carbocycles. The van der Waals surface area contributed by atoms with Crippen molar-refractivity contribution in [3.05, 3.63) is 101 Å². The van der Waals surface area contributed by atoms with Crippen LogP contribution >= 0.6 is 0 Å². The molecule has 3 atom stereocenters. The number of para-hydroxylation sites is 1. The van der Waals surface area contributed by atoms with Gasteiger partial charge in [-0.15, -0.1) is 0 Å². The van der Waals surface area contributed by atoms with Crippen molar-refractivity contribution in [1.29, 1.82) is 0 Å². The summed E-state index contributed by atoms with van der Waals surface area (Å²) in [6.45, 7) is 0. The molecule has 0 unspecified atom stereocenters. The number of rotatable bonds is 8. The summed E-state index contributed by atoms with van der Waals surface area (Å²) in [7, 11) is 1.41. The summed E-state index contributed by atoms with van der Waals surface area (Å²) in [5.41, 5.74) is 6.25. The maximum Gasteiger partial charge on any atom is 0.389 e. The number of benzodiazepines with no additional fused rings is 1. The number of primary amides is 1. The number of benzene rings is 3. The van der Waals surface area contributed by atoms with Crippen molar-refractivity contribution in [2.75, 3.05) is 11.9 Å². The van der Waals surface area contributed by atoms with Gasteiger partial charge in [0.25, 0.3) is 5.91 Å². The van der Waals surface area contributed by atoms with Gasteiger partial charge in [-0.25, -0.2) is 18.2 Å². The van der Waals surface area contributed by atoms with Crippen molar-refractivity contribution in [2.45, 2.75) is 31.1 Å². The lowest BCUT2D eigenvalue weighted by Crippen LogP contribution is -2.49. The van der Waals surface area contributed by atoms with E-state index in [1.165, 1.54) is 11.9 Å². The Morgan fingerprint density at radius 2 is 1.62 bits per heavy atom. The number of hydrogen-bond acceptors (Lipinski definition) is 4. The molecule has 0 bridgehead atoms. The average Bonchev–Trinajstić information content (AvgIpc) is 3.05. The van der Waals surface area contributed by atoms with Crippen LogP contribution in [0.3, 0.4) is 0 Å². The van der Waals surface area contributed by atoms with Crippen molar-refractivity contribution in [3.8, 4) is 0 Å². The first kappa shape index (κ1) is 30.3. The Bertz CT molecular complexity index is 1540. The Balaban J connectivity index is 1.79. The molecule has 7 nitrogen and oxygen atoms in total. The molecule has 0 aromatic heterocycles. The molecular formula is C29H24F6N4O3. The third kappa shape index (κ3) is 6.29. The van der Waals surface area contributed by atoms with Crippen LogP contribution in [0.2, 0.25) is 0 Å². The predicted molar refractivity (Wildman–Crippen MR) is 141 cm³/mol. The number of fused-ring (bicyclic) bond motifs is 1. The van der Waals surface area contributed by atoms with E-state index in [9.17, 15) is 40.7 Å². The minimum atomic E-state index is -4.81. The molecule has 0 spiro atoms. The highest BCUT2D eigenvalue weighted by atomic mass is 19.4. The zero-order chi connectivity index (χ0) is 30.8. The summed E-state index contributed by atoms with van der Waals surface area (Å²) in [6, 6.07) is 16.4. The van der Waals surface area contributed by atoms with E-state index in [0.717, 1.165) is 0 Å². The standard InChI is InChI=1S/C29H24F6N4O3/c1-39-20-10-6-5-9-16(20)24(15-7-3-2-4-8-15)37-26(28(39)42)38-27(41)18(13-14-29(33,34)35)21(25(36)40)17-11-12-19(30)23(32)22(17)31/h2-12,18,21,26H,13-14H2,1H3,(H2,36,40)(H,38,41)/t18-,21+,26-/m1/s1. The smallest absolute Gasteiger partial charge is 0.369 e. The Morgan fingerprint density at radius 1 is 0.976 bits per heavy atom. The lowest BCUT2D eigenvalue weighted by molar-refractivity contribution is -0.144. The van der Waals surface area contributed by atoms with Crippen LogP contribution < -0.4 is 16.0 Å². The summed E-state index contributed by atoms with van der Waals surface area (Å²) >= 11 is 0. The van der Waals surface area contributed by atoms with Gasteiger partial charge in [0.05, 0.1) is 23.2 Å². The summed E-state index contributed by atoms with van der Waals surface area (Å²) < 4.78 is 82.1. The number of halogens is 6. The number of alkyl halides is 3. The average molecular weight is 591 g/mol. The maximum absolute atomic E-state index is 14.7. The van der Waals surface area contributed by atoms with Gasteiger partial charge >= 0.3 is 6.18 Å². The fourth-order valence-corrected chi connectivity index (χ4v) is 4.80. The van der Waals surface area contributed by atoms with Crippen LogP contribution in [-0.2, 0) is 14.4 Å². The fraction of sp³-hybridized carbons (Fsp3) is 0.241. The molecule has 0 radical (unpaired) electrons. The molecule has 3 amide bonds. The molecule has 42 heavy (non-hydrogen) atoms. The zero-order valence-corrected chi connectivity index (χ0v) is 22.0. The number of nitrogens with zero attached hydrogens (tertiary/aromatic N) is 2. The molecule has 1 aliphatic rings. The molecule has 3 aromatic rings. The van der Waals surface area contributed by atoms with Crippen molar-refractivity contribution in [2.24, 2.45) is 16.6 Å². The third-order valence-corrected chi connectivity index (χ3v) is 6.85. The van der Waals surface area contributed by atoms with Crippen LogP contribution in [0.25, 0.3) is 0 Å². The molecule has 4 rings (SSSR count). The summed E-state index contributed by atoms with van der Waals surface area (Å²) in [6.07, 6.45) is -9.20. The first-order valence-electron chi connectivity index (χ1n) is 12.6. The molecule has 1 aliphatic heterocycles. The number of hydrogen-bond donors (Lipinski definition) is 2. The number of nitrogens with two attached hydrogens (primary N) is 1. The molecule has 13 heteroatoms. The van der Waals surface area contributed by atoms with Crippen molar-refractivity contribution < 1.29 is 40.7 Å². The SMILES string of the molecule is CN1C(=O)[C@@H](NC(=O)[C@H](CCC(F)(F)F)[C@@H](C(N)=O)c2ccc(F)c(F)c2F)N=C(c2ccccc2)c2ccccc21. The lowest BCUT2D eigenvalue weighted by Gasteiger charge is -2.27. The van der Waals surface area contributed by atoms with Crippen molar-refractivity contribution in [1.82, 2.24) is 5.32 Å². The van der Waals surface area contributed by atoms with Gasteiger partial charge in [-0.1, -0.05) is 54.6 Å². The van der Waals surface area contributed by atoms with E-state index in [2.05, 4.69) is 10.3 Å². The van der Waals surface area contributed by atoms with E-state index < -0.39 is 77.8 Å². The Kier molecular flexibility index (Phi) is 8.69. The van der Waals surface area contributed by atoms with Crippen molar-refractivity contribution >= 4 is 29.1 Å². The summed E-state index contributed by atoms with van der Waals surface area (Å²) in [4.78, 5) is 45.1. The molecule has 3 aromatic carbocycles. The first-order chi connectivity index (χ1) is 19.8. The highest BCUT2D eigenvalue weighted by Crippen LogP contribution is 2.35. The molecule has 1 heterocycles. The van der Waals surface area contributed by atoms with Gasteiger partial charge in [0.1, 0.15) is 0 Å². The van der Waals surface area contributed by atoms with Crippen LogP contribution in [0.15, 0.2) is 71.7 Å². The predicted octanol–water partition coefficient (Wildman–Crippen LogP) is 4.59. The molecule has 220 valence electrons. The van der Waals surface area contributed by atoms with E-state index in [-0.39, 0.29) is 5.71 Å². The van der Waals surface area contributed by atoms with Gasteiger partial charge in [0.2, 0.25) is 18.0 Å². The second kappa shape index (κ2) is 12.0. The van der Waals surface area contributed by atoms with Gasteiger partial charge in [0.15, 0.2) is 17.5 Å². The Morgan fingerprint density at radius 3 is 2.26 bits per heavy atom. The lowest BCUT2D eigenvalue weighted by atomic mass is 9.81. The normalized spacial score (nSPS) is 16.6. The molecule has 3 N–H and O–H groups in total. The van der Waals surface area contributed by atoms with Crippen LogP contribution in [0.5, 0.6) is 0 Å². The Labute approximate surface area is 236 Å². The highest BCUT2D eigenvalue weighted by Gasteiger charge is 2.41. The van der Waals surface area contributed by atoms with Crippen LogP contribution in [-0.4, -0.2) is 42.8 Å². The monoisotopic (exact) mass is 590 g/mol. The highest BCUT2D eigenvalue weighted by molar-refractivity contribution is 6.20. The number of carbonyl (C=O) groups is 3. The van der Waals surface area contributed by atoms with Gasteiger partial charge in [-0.05, 0) is 18.6 Å². The molecular weight excluding hydrogens is 566 g/mol. The van der Waals surface area contributed by atoms with Crippen LogP contribution in [0.1, 0.15) is 35.4 Å². The minimum Gasteiger partial charge on any atom is -0.369 e. The van der Waals surface area contributed by atoms with Crippen molar-refractivity contribution in [3.63, 3.8) is 0 Å². The van der Waals surface area contributed by atoms with Gasteiger partial charge < -0.3 is 16.0 Å². The number of aliphatic imine (C=N–C) groups is 1. The van der Waals surface area contributed by atoms with Gasteiger partial charge in [-0.2, -0.15) is 13.2 Å². The van der Waals surface area contributed by atoms with Gasteiger partial charge in [0, 0.05) is 30.2 Å².